The van der Waals surface area contributed by atoms with Crippen LogP contribution in [0.3, 0.4) is 0 Å². The van der Waals surface area contributed by atoms with Crippen LogP contribution in [-0.2, 0) is 6.42 Å². The van der Waals surface area contributed by atoms with E-state index in [1.165, 1.54) is 0 Å². The van der Waals surface area contributed by atoms with Crippen molar-refractivity contribution >= 4 is 11.6 Å². The average Bonchev–Trinajstić information content (AvgIpc) is 2.92. The zero-order valence-corrected chi connectivity index (χ0v) is 9.63. The Morgan fingerprint density at radius 3 is 2.80 bits per heavy atom. The molecule has 0 spiro atoms. The molecule has 2 N–H and O–H groups in total. The van der Waals surface area contributed by atoms with Crippen LogP contribution in [0.1, 0.15) is 25.3 Å². The molecule has 1 saturated carbocycles. The summed E-state index contributed by atoms with van der Waals surface area (Å²) in [4.78, 5) is 0. The molecule has 2 nitrogen and oxygen atoms in total. The lowest BCUT2D eigenvalue weighted by atomic mass is 10.1. The summed E-state index contributed by atoms with van der Waals surface area (Å²) in [5.74, 6) is 0.799. The maximum atomic E-state index is 6.12. The maximum Gasteiger partial charge on any atom is 0.138 e. The predicted molar refractivity (Wildman–Crippen MR) is 62.5 cm³/mol. The van der Waals surface area contributed by atoms with E-state index >= 15 is 0 Å². The predicted octanol–water partition coefficient (Wildman–Crippen LogP) is 2.77. The lowest BCUT2D eigenvalue weighted by Crippen LogP contribution is -2.17. The molecule has 1 aromatic carbocycles. The second-order valence-electron chi connectivity index (χ2n) is 4.26. The Morgan fingerprint density at radius 2 is 2.27 bits per heavy atom. The van der Waals surface area contributed by atoms with E-state index in [-0.39, 0.29) is 6.04 Å². The Morgan fingerprint density at radius 1 is 1.53 bits per heavy atom. The first-order chi connectivity index (χ1) is 7.15. The van der Waals surface area contributed by atoms with Crippen molar-refractivity contribution < 1.29 is 4.74 Å². The highest BCUT2D eigenvalue weighted by molar-refractivity contribution is 6.32. The first-order valence-electron chi connectivity index (χ1n) is 5.36. The monoisotopic (exact) mass is 225 g/mol. The van der Waals surface area contributed by atoms with Gasteiger partial charge in [0.15, 0.2) is 0 Å². The third-order valence-corrected chi connectivity index (χ3v) is 2.67. The smallest absolute Gasteiger partial charge is 0.138 e. The van der Waals surface area contributed by atoms with Crippen LogP contribution in [0.25, 0.3) is 0 Å². The van der Waals surface area contributed by atoms with E-state index in [9.17, 15) is 0 Å². The van der Waals surface area contributed by atoms with Gasteiger partial charge in [-0.3, -0.25) is 0 Å². The quantitative estimate of drug-likeness (QED) is 0.855. The first kappa shape index (κ1) is 10.8. The fourth-order valence-electron chi connectivity index (χ4n) is 1.50. The number of hydrogen-bond acceptors (Lipinski definition) is 2. The summed E-state index contributed by atoms with van der Waals surface area (Å²) < 4.78 is 5.65. The second-order valence-corrected chi connectivity index (χ2v) is 4.67. The molecule has 0 aromatic heterocycles. The number of ether oxygens (including phenoxy) is 1. The lowest BCUT2D eigenvalue weighted by Gasteiger charge is -2.09. The van der Waals surface area contributed by atoms with Gasteiger partial charge in [0.1, 0.15) is 5.75 Å². The molecular formula is C12H16ClNO. The maximum absolute atomic E-state index is 6.12. The highest BCUT2D eigenvalue weighted by atomic mass is 35.5. The summed E-state index contributed by atoms with van der Waals surface area (Å²) in [6.45, 7) is 1.99. The number of halogens is 1. The van der Waals surface area contributed by atoms with Gasteiger partial charge in [-0.1, -0.05) is 17.7 Å². The van der Waals surface area contributed by atoms with Crippen molar-refractivity contribution in [2.24, 2.45) is 5.73 Å². The van der Waals surface area contributed by atoms with Crippen LogP contribution in [0, 0.1) is 0 Å². The van der Waals surface area contributed by atoms with Crippen molar-refractivity contribution in [2.75, 3.05) is 0 Å². The Hall–Kier alpha value is -0.730. The normalized spacial score (nSPS) is 17.5. The van der Waals surface area contributed by atoms with Crippen molar-refractivity contribution in [2.45, 2.75) is 38.3 Å². The second kappa shape index (κ2) is 4.42. The van der Waals surface area contributed by atoms with Gasteiger partial charge in [-0.25, -0.2) is 0 Å². The van der Waals surface area contributed by atoms with Gasteiger partial charge in [0.2, 0.25) is 0 Å². The van der Waals surface area contributed by atoms with E-state index in [4.69, 9.17) is 22.1 Å². The molecule has 1 unspecified atom stereocenters. The molecule has 1 atom stereocenters. The van der Waals surface area contributed by atoms with E-state index in [2.05, 4.69) is 0 Å². The molecule has 0 bridgehead atoms. The Balaban J connectivity index is 2.07. The van der Waals surface area contributed by atoms with Crippen molar-refractivity contribution in [1.82, 2.24) is 0 Å². The molecule has 15 heavy (non-hydrogen) atoms. The summed E-state index contributed by atoms with van der Waals surface area (Å²) in [6.07, 6.45) is 3.54. The Bertz CT molecular complexity index is 347. The summed E-state index contributed by atoms with van der Waals surface area (Å²) >= 11 is 6.12. The molecule has 1 aliphatic rings. The fraction of sp³-hybridized carbons (Fsp3) is 0.500. The molecule has 3 heteroatoms. The van der Waals surface area contributed by atoms with Gasteiger partial charge >= 0.3 is 0 Å². The first-order valence-corrected chi connectivity index (χ1v) is 5.73. The molecule has 0 saturated heterocycles. The summed E-state index contributed by atoms with van der Waals surface area (Å²) in [6, 6.07) is 6.09. The number of nitrogens with two attached hydrogens (primary N) is 1. The molecule has 82 valence electrons. The summed E-state index contributed by atoms with van der Waals surface area (Å²) in [5.41, 5.74) is 6.89. The van der Waals surface area contributed by atoms with Gasteiger partial charge in [-0.2, -0.15) is 0 Å². The highest BCUT2D eigenvalue weighted by Gasteiger charge is 2.24. The van der Waals surface area contributed by atoms with Crippen LogP contribution in [0.5, 0.6) is 5.75 Å². The average molecular weight is 226 g/mol. The Kier molecular flexibility index (Phi) is 3.17. The van der Waals surface area contributed by atoms with Gasteiger partial charge in [-0.05, 0) is 43.9 Å². The van der Waals surface area contributed by atoms with Crippen LogP contribution in [0.4, 0.5) is 0 Å². The van der Waals surface area contributed by atoms with E-state index in [1.807, 2.05) is 25.1 Å². The van der Waals surface area contributed by atoms with Crippen molar-refractivity contribution in [3.8, 4) is 5.75 Å². The minimum atomic E-state index is 0.163. The molecule has 1 fully saturated rings. The number of rotatable bonds is 4. The SMILES string of the molecule is CC(N)Cc1ccc(OC2CC2)c(Cl)c1. The van der Waals surface area contributed by atoms with E-state index in [0.29, 0.717) is 11.1 Å². The van der Waals surface area contributed by atoms with Crippen molar-refractivity contribution in [3.05, 3.63) is 28.8 Å². The topological polar surface area (TPSA) is 35.2 Å². The summed E-state index contributed by atoms with van der Waals surface area (Å²) in [5, 5.41) is 0.694. The fourth-order valence-corrected chi connectivity index (χ4v) is 1.75. The van der Waals surface area contributed by atoms with Crippen LogP contribution in [0.2, 0.25) is 5.02 Å². The zero-order valence-electron chi connectivity index (χ0n) is 8.87. The van der Waals surface area contributed by atoms with Gasteiger partial charge in [0.05, 0.1) is 11.1 Å². The Labute approximate surface area is 95.4 Å². The zero-order chi connectivity index (χ0) is 10.8. The molecule has 0 amide bonds. The lowest BCUT2D eigenvalue weighted by molar-refractivity contribution is 0.303. The molecule has 0 radical (unpaired) electrons. The van der Waals surface area contributed by atoms with Gasteiger partial charge < -0.3 is 10.5 Å². The minimum Gasteiger partial charge on any atom is -0.489 e. The number of hydrogen-bond donors (Lipinski definition) is 1. The highest BCUT2D eigenvalue weighted by Crippen LogP contribution is 2.32. The van der Waals surface area contributed by atoms with Gasteiger partial charge in [-0.15, -0.1) is 0 Å². The van der Waals surface area contributed by atoms with E-state index in [1.54, 1.807) is 0 Å². The van der Waals surface area contributed by atoms with E-state index < -0.39 is 0 Å². The van der Waals surface area contributed by atoms with Crippen LogP contribution >= 0.6 is 11.6 Å². The van der Waals surface area contributed by atoms with Crippen LogP contribution in [0.15, 0.2) is 18.2 Å². The van der Waals surface area contributed by atoms with E-state index in [0.717, 1.165) is 30.6 Å². The van der Waals surface area contributed by atoms with Crippen LogP contribution < -0.4 is 10.5 Å². The third-order valence-electron chi connectivity index (χ3n) is 2.37. The number of benzene rings is 1. The largest absolute Gasteiger partial charge is 0.489 e. The molecular weight excluding hydrogens is 210 g/mol. The molecule has 0 heterocycles. The molecule has 1 aromatic rings. The molecule has 0 aliphatic heterocycles. The van der Waals surface area contributed by atoms with Crippen LogP contribution in [-0.4, -0.2) is 12.1 Å². The third kappa shape index (κ3) is 3.11. The van der Waals surface area contributed by atoms with Gasteiger partial charge in [0, 0.05) is 6.04 Å². The van der Waals surface area contributed by atoms with Crippen molar-refractivity contribution in [1.29, 1.82) is 0 Å². The van der Waals surface area contributed by atoms with Gasteiger partial charge in [0.25, 0.3) is 0 Å². The minimum absolute atomic E-state index is 0.163. The standard InChI is InChI=1S/C12H16ClNO/c1-8(14)6-9-2-5-12(11(13)7-9)15-10-3-4-10/h2,5,7-8,10H,3-4,6,14H2,1H3. The summed E-state index contributed by atoms with van der Waals surface area (Å²) in [7, 11) is 0. The molecule has 2 rings (SSSR count). The molecule has 1 aliphatic carbocycles. The van der Waals surface area contributed by atoms with Crippen molar-refractivity contribution in [3.63, 3.8) is 0 Å².